The fourth-order valence-electron chi connectivity index (χ4n) is 2.87. The van der Waals surface area contributed by atoms with Crippen LogP contribution in [0.15, 0.2) is 47.5 Å². The second kappa shape index (κ2) is 6.88. The van der Waals surface area contributed by atoms with Crippen molar-refractivity contribution in [3.63, 3.8) is 0 Å². The van der Waals surface area contributed by atoms with E-state index < -0.39 is 16.8 Å². The Morgan fingerprint density at radius 1 is 1.18 bits per heavy atom. The quantitative estimate of drug-likeness (QED) is 0.442. The maximum absolute atomic E-state index is 13.2. The molecule has 1 aromatic heterocycles. The number of rotatable bonds is 2. The Bertz CT molecular complexity index is 1210. The number of aromatic hydroxyl groups is 1. The number of allylic oxidation sites excluding steroid dienone is 1. The van der Waals surface area contributed by atoms with Crippen molar-refractivity contribution in [2.24, 2.45) is 4.99 Å². The Morgan fingerprint density at radius 2 is 1.93 bits per heavy atom. The lowest BCUT2D eigenvalue weighted by Gasteiger charge is -2.12. The number of alkyl halides is 3. The number of benzene rings is 2. The zero-order valence-electron chi connectivity index (χ0n) is 13.9. The summed E-state index contributed by atoms with van der Waals surface area (Å²) in [5.74, 6) is -0.240. The van der Waals surface area contributed by atoms with Gasteiger partial charge < -0.3 is 5.11 Å². The first kappa shape index (κ1) is 18.9. The Labute approximate surface area is 171 Å². The average Bonchev–Trinajstić information content (AvgIpc) is 3.16. The standard InChI is InChI=1S/C19H10ClF3N2OS2/c20-14-6-5-11(8-13(14)19(21,22)23)25-17(26)16(28-18(25)27)7-10-9-24-15-4-2-1-3-12(10)15/h1-9,26H. The second-order valence-corrected chi connectivity index (χ2v) is 8.01. The number of para-hydroxylation sites is 1. The van der Waals surface area contributed by atoms with Crippen molar-refractivity contribution >= 4 is 58.7 Å². The molecule has 0 radical (unpaired) electrons. The van der Waals surface area contributed by atoms with E-state index in [4.69, 9.17) is 23.8 Å². The van der Waals surface area contributed by atoms with Gasteiger partial charge in [0.1, 0.15) is 0 Å². The molecule has 1 aliphatic rings. The van der Waals surface area contributed by atoms with E-state index in [-0.39, 0.29) is 15.5 Å². The molecule has 0 bridgehead atoms. The highest BCUT2D eigenvalue weighted by Crippen LogP contribution is 2.39. The summed E-state index contributed by atoms with van der Waals surface area (Å²) in [6, 6.07) is 10.9. The van der Waals surface area contributed by atoms with Crippen molar-refractivity contribution in [1.29, 1.82) is 0 Å². The van der Waals surface area contributed by atoms with E-state index in [2.05, 4.69) is 4.99 Å². The van der Waals surface area contributed by atoms with Gasteiger partial charge in [-0.3, -0.25) is 9.56 Å². The maximum Gasteiger partial charge on any atom is 0.417 e. The molecule has 0 aliphatic carbocycles. The van der Waals surface area contributed by atoms with Gasteiger partial charge in [0.15, 0.2) is 3.95 Å². The van der Waals surface area contributed by atoms with Crippen LogP contribution in [0.1, 0.15) is 16.0 Å². The van der Waals surface area contributed by atoms with Crippen LogP contribution in [0.2, 0.25) is 5.02 Å². The maximum atomic E-state index is 13.2. The molecule has 4 rings (SSSR count). The first-order valence-corrected chi connectivity index (χ1v) is 9.53. The Balaban J connectivity index is 1.81. The molecule has 0 unspecified atom stereocenters. The lowest BCUT2D eigenvalue weighted by Crippen LogP contribution is -2.07. The number of thiazole rings is 1. The molecule has 2 aromatic carbocycles. The molecule has 28 heavy (non-hydrogen) atoms. The molecule has 0 saturated heterocycles. The van der Waals surface area contributed by atoms with E-state index >= 15 is 0 Å². The van der Waals surface area contributed by atoms with Gasteiger partial charge in [0.05, 0.1) is 26.8 Å². The van der Waals surface area contributed by atoms with Gasteiger partial charge in [0.25, 0.3) is 0 Å². The summed E-state index contributed by atoms with van der Waals surface area (Å²) in [5, 5.41) is 10.2. The Kier molecular flexibility index (Phi) is 4.65. The van der Waals surface area contributed by atoms with Gasteiger partial charge in [-0.25, -0.2) is 0 Å². The minimum Gasteiger partial charge on any atom is -0.493 e. The van der Waals surface area contributed by atoms with Gasteiger partial charge in [-0.1, -0.05) is 29.8 Å². The van der Waals surface area contributed by atoms with Gasteiger partial charge >= 0.3 is 6.18 Å². The summed E-state index contributed by atoms with van der Waals surface area (Å²) in [4.78, 5) is 4.72. The zero-order valence-corrected chi connectivity index (χ0v) is 16.3. The number of fused-ring (bicyclic) bond motifs is 1. The summed E-state index contributed by atoms with van der Waals surface area (Å²) < 4.78 is 40.9. The number of aliphatic imine (C=N–C) groups is 1. The monoisotopic (exact) mass is 438 g/mol. The Hall–Kier alpha value is -2.42. The second-order valence-electron chi connectivity index (χ2n) is 5.93. The van der Waals surface area contributed by atoms with Crippen molar-refractivity contribution in [3.05, 3.63) is 67.4 Å². The Morgan fingerprint density at radius 3 is 2.68 bits per heavy atom. The van der Waals surface area contributed by atoms with Crippen LogP contribution in [0.4, 0.5) is 18.9 Å². The van der Waals surface area contributed by atoms with Gasteiger partial charge in [0.2, 0.25) is 5.88 Å². The minimum atomic E-state index is -4.62. The van der Waals surface area contributed by atoms with Crippen LogP contribution in [0.5, 0.6) is 5.88 Å². The van der Waals surface area contributed by atoms with E-state index in [1.807, 2.05) is 24.3 Å². The first-order chi connectivity index (χ1) is 13.3. The van der Waals surface area contributed by atoms with E-state index in [1.54, 1.807) is 12.3 Å². The molecule has 0 atom stereocenters. The smallest absolute Gasteiger partial charge is 0.417 e. The topological polar surface area (TPSA) is 37.5 Å². The summed E-state index contributed by atoms with van der Waals surface area (Å²) in [6.45, 7) is 0. The van der Waals surface area contributed by atoms with Crippen molar-refractivity contribution in [2.75, 3.05) is 0 Å². The van der Waals surface area contributed by atoms with Gasteiger partial charge in [0, 0.05) is 17.4 Å². The van der Waals surface area contributed by atoms with Gasteiger partial charge in [-0.2, -0.15) is 13.2 Å². The summed E-state index contributed by atoms with van der Waals surface area (Å²) in [7, 11) is 0. The highest BCUT2D eigenvalue weighted by atomic mass is 35.5. The molecule has 1 aliphatic heterocycles. The molecule has 3 nitrogen and oxygen atoms in total. The van der Waals surface area contributed by atoms with Crippen molar-refractivity contribution in [3.8, 4) is 11.6 Å². The van der Waals surface area contributed by atoms with Gasteiger partial charge in [-0.05, 0) is 42.6 Å². The predicted octanol–water partition coefficient (Wildman–Crippen LogP) is 6.90. The molecule has 142 valence electrons. The number of hydrogen-bond acceptors (Lipinski definition) is 4. The van der Waals surface area contributed by atoms with Crippen LogP contribution < -0.4 is 0 Å². The van der Waals surface area contributed by atoms with E-state index in [1.165, 1.54) is 10.6 Å². The largest absolute Gasteiger partial charge is 0.493 e. The fourth-order valence-corrected chi connectivity index (χ4v) is 4.39. The van der Waals surface area contributed by atoms with Crippen LogP contribution in [0, 0.1) is 3.95 Å². The number of nitrogens with zero attached hydrogens (tertiary/aromatic N) is 2. The summed E-state index contributed by atoms with van der Waals surface area (Å²) >= 11 is 12.0. The first-order valence-electron chi connectivity index (χ1n) is 7.93. The van der Waals surface area contributed by atoms with Crippen molar-refractivity contribution < 1.29 is 18.3 Å². The van der Waals surface area contributed by atoms with E-state index in [9.17, 15) is 18.3 Å². The van der Waals surface area contributed by atoms with Crippen molar-refractivity contribution in [1.82, 2.24) is 4.57 Å². The SMILES string of the molecule is Oc1c(C=C2C=Nc3ccccc32)sc(=S)n1-c1ccc(Cl)c(C(F)(F)F)c1. The fraction of sp³-hybridized carbons (Fsp3) is 0.0526. The molecule has 3 aromatic rings. The molecule has 1 N–H and O–H groups in total. The molecule has 0 spiro atoms. The molecule has 0 fully saturated rings. The van der Waals surface area contributed by atoms with Crippen molar-refractivity contribution in [2.45, 2.75) is 6.18 Å². The normalized spacial score (nSPS) is 14.6. The van der Waals surface area contributed by atoms with Crippen LogP contribution in [-0.4, -0.2) is 15.9 Å². The molecular formula is C19H10ClF3N2OS2. The molecule has 2 heterocycles. The van der Waals surface area contributed by atoms with E-state index in [0.717, 1.165) is 40.3 Å². The highest BCUT2D eigenvalue weighted by Gasteiger charge is 2.33. The van der Waals surface area contributed by atoms with Gasteiger partial charge in [-0.15, -0.1) is 11.3 Å². The third kappa shape index (κ3) is 3.28. The van der Waals surface area contributed by atoms with Crippen LogP contribution in [0.3, 0.4) is 0 Å². The molecule has 0 saturated carbocycles. The molecule has 0 amide bonds. The highest BCUT2D eigenvalue weighted by molar-refractivity contribution is 7.73. The van der Waals surface area contributed by atoms with Crippen LogP contribution >= 0.6 is 35.2 Å². The number of hydrogen-bond donors (Lipinski definition) is 1. The summed E-state index contributed by atoms with van der Waals surface area (Å²) in [6.07, 6.45) is -1.24. The van der Waals surface area contributed by atoms with Crippen LogP contribution in [0.25, 0.3) is 17.3 Å². The average molecular weight is 439 g/mol. The molecule has 9 heteroatoms. The molecular weight excluding hydrogens is 429 g/mol. The van der Waals surface area contributed by atoms with E-state index in [0.29, 0.717) is 4.88 Å². The number of halogens is 4. The third-order valence-corrected chi connectivity index (χ3v) is 5.81. The third-order valence-electron chi connectivity index (χ3n) is 4.17. The number of aromatic nitrogens is 1. The lowest BCUT2D eigenvalue weighted by atomic mass is 10.1. The van der Waals surface area contributed by atoms with Crippen LogP contribution in [-0.2, 0) is 6.18 Å². The lowest BCUT2D eigenvalue weighted by molar-refractivity contribution is -0.137. The zero-order chi connectivity index (χ0) is 20.1. The predicted molar refractivity (Wildman–Crippen MR) is 109 cm³/mol. The summed E-state index contributed by atoms with van der Waals surface area (Å²) in [5.41, 5.74) is 1.58. The minimum absolute atomic E-state index is 0.0839.